The first-order valence-electron chi connectivity index (χ1n) is 9.29. The third-order valence-corrected chi connectivity index (χ3v) is 5.09. The predicted molar refractivity (Wildman–Crippen MR) is 107 cm³/mol. The molecular formula is C23H26N2O2. The van der Waals surface area contributed by atoms with Crippen molar-refractivity contribution in [3.8, 4) is 0 Å². The van der Waals surface area contributed by atoms with Gasteiger partial charge in [0.05, 0.1) is 11.7 Å². The van der Waals surface area contributed by atoms with Crippen molar-refractivity contribution in [1.82, 2.24) is 10.5 Å². The summed E-state index contributed by atoms with van der Waals surface area (Å²) < 4.78 is 5.19. The van der Waals surface area contributed by atoms with Crippen LogP contribution in [0.4, 0.5) is 0 Å². The lowest BCUT2D eigenvalue weighted by molar-refractivity contribution is -0.121. The second-order valence-corrected chi connectivity index (χ2v) is 7.06. The Labute approximate surface area is 160 Å². The maximum Gasteiger partial charge on any atom is 0.221 e. The van der Waals surface area contributed by atoms with E-state index in [-0.39, 0.29) is 11.9 Å². The molecule has 1 atom stereocenters. The zero-order chi connectivity index (χ0) is 19.4. The normalized spacial score (nSPS) is 12.0. The number of amides is 1. The molecule has 0 unspecified atom stereocenters. The summed E-state index contributed by atoms with van der Waals surface area (Å²) in [6.07, 6.45) is 1.03. The van der Waals surface area contributed by atoms with Crippen LogP contribution in [-0.2, 0) is 11.2 Å². The molecule has 0 radical (unpaired) electrons. The minimum absolute atomic E-state index is 0.0158. The van der Waals surface area contributed by atoms with Crippen LogP contribution in [0, 0.1) is 27.7 Å². The molecule has 1 amide bonds. The highest BCUT2D eigenvalue weighted by molar-refractivity contribution is 5.77. The molecule has 0 bridgehead atoms. The van der Waals surface area contributed by atoms with Gasteiger partial charge in [0.25, 0.3) is 0 Å². The Morgan fingerprint density at radius 1 is 1.00 bits per heavy atom. The largest absolute Gasteiger partial charge is 0.361 e. The molecule has 0 saturated carbocycles. The van der Waals surface area contributed by atoms with Crippen LogP contribution in [0.3, 0.4) is 0 Å². The summed E-state index contributed by atoms with van der Waals surface area (Å²) in [7, 11) is 0. The van der Waals surface area contributed by atoms with Crippen molar-refractivity contribution in [2.24, 2.45) is 0 Å². The van der Waals surface area contributed by atoms with Crippen molar-refractivity contribution in [2.45, 2.75) is 46.6 Å². The van der Waals surface area contributed by atoms with E-state index in [4.69, 9.17) is 4.52 Å². The van der Waals surface area contributed by atoms with Gasteiger partial charge in [-0.15, -0.1) is 0 Å². The van der Waals surface area contributed by atoms with Gasteiger partial charge in [0.1, 0.15) is 5.76 Å². The summed E-state index contributed by atoms with van der Waals surface area (Å²) in [6.45, 7) is 7.99. The fourth-order valence-electron chi connectivity index (χ4n) is 3.28. The van der Waals surface area contributed by atoms with Crippen LogP contribution >= 0.6 is 0 Å². The summed E-state index contributed by atoms with van der Waals surface area (Å²) in [5.41, 5.74) is 6.51. The molecule has 3 aromatic rings. The van der Waals surface area contributed by atoms with Crippen molar-refractivity contribution >= 4 is 5.91 Å². The lowest BCUT2D eigenvalue weighted by Gasteiger charge is -2.21. The highest BCUT2D eigenvalue weighted by Gasteiger charge is 2.18. The van der Waals surface area contributed by atoms with E-state index in [1.807, 2.05) is 32.0 Å². The first-order chi connectivity index (χ1) is 13.0. The quantitative estimate of drug-likeness (QED) is 0.689. The molecule has 0 aliphatic rings. The van der Waals surface area contributed by atoms with E-state index in [0.717, 1.165) is 28.1 Å². The Morgan fingerprint density at radius 2 is 1.74 bits per heavy atom. The second kappa shape index (κ2) is 8.21. The van der Waals surface area contributed by atoms with Gasteiger partial charge < -0.3 is 9.84 Å². The number of benzene rings is 2. The summed E-state index contributed by atoms with van der Waals surface area (Å²) in [4.78, 5) is 12.7. The van der Waals surface area contributed by atoms with E-state index < -0.39 is 0 Å². The van der Waals surface area contributed by atoms with Gasteiger partial charge in [-0.1, -0.05) is 53.7 Å². The Morgan fingerprint density at radius 3 is 2.37 bits per heavy atom. The maximum absolute atomic E-state index is 12.7. The average Bonchev–Trinajstić information content (AvgIpc) is 2.99. The van der Waals surface area contributed by atoms with Gasteiger partial charge in [0, 0.05) is 12.0 Å². The van der Waals surface area contributed by atoms with Crippen LogP contribution in [0.25, 0.3) is 0 Å². The topological polar surface area (TPSA) is 55.1 Å². The molecule has 1 aromatic heterocycles. The molecule has 4 heteroatoms. The van der Waals surface area contributed by atoms with E-state index in [9.17, 15) is 4.79 Å². The Hall–Kier alpha value is -2.88. The van der Waals surface area contributed by atoms with Crippen LogP contribution in [0.1, 0.15) is 51.7 Å². The molecule has 4 nitrogen and oxygen atoms in total. The zero-order valence-electron chi connectivity index (χ0n) is 16.4. The number of hydrogen-bond acceptors (Lipinski definition) is 3. The molecule has 0 aliphatic heterocycles. The first kappa shape index (κ1) is 18.9. The summed E-state index contributed by atoms with van der Waals surface area (Å²) in [5, 5.41) is 7.17. The number of nitrogens with zero attached hydrogens (tertiary/aromatic N) is 1. The molecule has 1 heterocycles. The van der Waals surface area contributed by atoms with Gasteiger partial charge in [-0.2, -0.15) is 0 Å². The van der Waals surface area contributed by atoms with Crippen molar-refractivity contribution < 1.29 is 9.32 Å². The fraction of sp³-hybridized carbons (Fsp3) is 0.304. The monoisotopic (exact) mass is 362 g/mol. The SMILES string of the molecule is Cc1ccc([C@H](NC(=O)CCc2c(C)noc2C)c2ccccc2)cc1C. The average molecular weight is 362 g/mol. The van der Waals surface area contributed by atoms with Crippen LogP contribution in [0.5, 0.6) is 0 Å². The third-order valence-electron chi connectivity index (χ3n) is 5.09. The molecule has 0 spiro atoms. The number of carbonyl (C=O) groups is 1. The number of aromatic nitrogens is 1. The standard InChI is InChI=1S/C23H26N2O2/c1-15-10-11-20(14-16(15)2)23(19-8-6-5-7-9-19)24-22(26)13-12-21-17(3)25-27-18(21)4/h5-11,14,23H,12-13H2,1-4H3,(H,24,26)/t23-/m1/s1. The Balaban J connectivity index is 1.79. The van der Waals surface area contributed by atoms with E-state index >= 15 is 0 Å². The number of hydrogen-bond donors (Lipinski definition) is 1. The Kier molecular flexibility index (Phi) is 5.75. The van der Waals surface area contributed by atoms with Crippen molar-refractivity contribution in [1.29, 1.82) is 0 Å². The zero-order valence-corrected chi connectivity index (χ0v) is 16.4. The molecule has 0 saturated heterocycles. The van der Waals surface area contributed by atoms with Crippen molar-refractivity contribution in [2.75, 3.05) is 0 Å². The second-order valence-electron chi connectivity index (χ2n) is 7.06. The van der Waals surface area contributed by atoms with Crippen molar-refractivity contribution in [3.63, 3.8) is 0 Å². The molecule has 1 N–H and O–H groups in total. The minimum Gasteiger partial charge on any atom is -0.361 e. The molecule has 140 valence electrons. The minimum atomic E-state index is -0.164. The highest BCUT2D eigenvalue weighted by Crippen LogP contribution is 2.24. The van der Waals surface area contributed by atoms with Gasteiger partial charge >= 0.3 is 0 Å². The predicted octanol–water partition coefficient (Wildman–Crippen LogP) is 4.75. The maximum atomic E-state index is 12.7. The highest BCUT2D eigenvalue weighted by atomic mass is 16.5. The van der Waals surface area contributed by atoms with Gasteiger partial charge in [-0.3, -0.25) is 4.79 Å². The lowest BCUT2D eigenvalue weighted by Crippen LogP contribution is -2.29. The van der Waals surface area contributed by atoms with Crippen LogP contribution in [0.2, 0.25) is 0 Å². The number of carbonyl (C=O) groups excluding carboxylic acids is 1. The van der Waals surface area contributed by atoms with E-state index in [0.29, 0.717) is 12.8 Å². The van der Waals surface area contributed by atoms with E-state index in [2.05, 4.69) is 54.7 Å². The molecule has 0 aliphatic carbocycles. The lowest BCUT2D eigenvalue weighted by atomic mass is 9.95. The number of rotatable bonds is 6. The number of nitrogens with one attached hydrogen (secondary N) is 1. The molecule has 3 rings (SSSR count). The van der Waals surface area contributed by atoms with Gasteiger partial charge in [0.15, 0.2) is 0 Å². The van der Waals surface area contributed by atoms with Gasteiger partial charge in [-0.05, 0) is 56.4 Å². The molecule has 2 aromatic carbocycles. The molecular weight excluding hydrogens is 336 g/mol. The van der Waals surface area contributed by atoms with Crippen LogP contribution in [-0.4, -0.2) is 11.1 Å². The van der Waals surface area contributed by atoms with Gasteiger partial charge in [-0.25, -0.2) is 0 Å². The van der Waals surface area contributed by atoms with Gasteiger partial charge in [0.2, 0.25) is 5.91 Å². The van der Waals surface area contributed by atoms with Crippen LogP contribution < -0.4 is 5.32 Å². The smallest absolute Gasteiger partial charge is 0.221 e. The molecule has 27 heavy (non-hydrogen) atoms. The summed E-state index contributed by atoms with van der Waals surface area (Å²) in [5.74, 6) is 0.802. The van der Waals surface area contributed by atoms with Crippen LogP contribution in [0.15, 0.2) is 53.1 Å². The summed E-state index contributed by atoms with van der Waals surface area (Å²) >= 11 is 0. The van der Waals surface area contributed by atoms with E-state index in [1.54, 1.807) is 0 Å². The Bertz CT molecular complexity index is 909. The summed E-state index contributed by atoms with van der Waals surface area (Å²) in [6, 6.07) is 16.3. The number of aryl methyl sites for hydroxylation is 4. The van der Waals surface area contributed by atoms with Crippen molar-refractivity contribution in [3.05, 3.63) is 87.8 Å². The third kappa shape index (κ3) is 4.45. The molecule has 0 fully saturated rings. The fourth-order valence-corrected chi connectivity index (χ4v) is 3.28. The first-order valence-corrected chi connectivity index (χ1v) is 9.29. The van der Waals surface area contributed by atoms with E-state index in [1.165, 1.54) is 11.1 Å².